The van der Waals surface area contributed by atoms with E-state index in [9.17, 15) is 4.79 Å². The average Bonchev–Trinajstić information content (AvgIpc) is 3.19. The summed E-state index contributed by atoms with van der Waals surface area (Å²) in [6.45, 7) is 7.78. The van der Waals surface area contributed by atoms with Crippen LogP contribution in [0.2, 0.25) is 0 Å². The Hall–Kier alpha value is -3.30. The first-order valence-electron chi connectivity index (χ1n) is 10.2. The topological polar surface area (TPSA) is 111 Å². The SMILES string of the molecule is C=C(CC(C(C)=CN)N(C)c1ccccc1C(=O)NOC)[NH2+]c1cnn2c1OCCC2. The van der Waals surface area contributed by atoms with Crippen LogP contribution in [-0.2, 0) is 11.4 Å². The normalized spacial score (nSPS) is 14.4. The fourth-order valence-corrected chi connectivity index (χ4v) is 3.72. The Kier molecular flexibility index (Phi) is 7.32. The van der Waals surface area contributed by atoms with E-state index in [0.29, 0.717) is 18.6 Å². The Morgan fingerprint density at radius 3 is 3.03 bits per heavy atom. The molecular weight excluding hydrogens is 396 g/mol. The number of benzene rings is 1. The second kappa shape index (κ2) is 10.1. The molecule has 9 heteroatoms. The van der Waals surface area contributed by atoms with Crippen LogP contribution in [0.4, 0.5) is 11.4 Å². The Morgan fingerprint density at radius 1 is 1.52 bits per heavy atom. The third-order valence-corrected chi connectivity index (χ3v) is 5.37. The molecule has 5 N–H and O–H groups in total. The minimum atomic E-state index is -0.313. The van der Waals surface area contributed by atoms with Crippen molar-refractivity contribution in [2.75, 3.05) is 25.7 Å². The van der Waals surface area contributed by atoms with Crippen LogP contribution in [-0.4, -0.2) is 42.5 Å². The van der Waals surface area contributed by atoms with Crippen molar-refractivity contribution >= 4 is 17.3 Å². The molecule has 0 fully saturated rings. The second-order valence-electron chi connectivity index (χ2n) is 7.53. The molecular formula is C22H31N6O3+. The minimum absolute atomic E-state index is 0.0995. The highest BCUT2D eigenvalue weighted by Crippen LogP contribution is 2.27. The summed E-state index contributed by atoms with van der Waals surface area (Å²) in [5.41, 5.74) is 12.3. The number of nitrogens with one attached hydrogen (secondary N) is 1. The number of ether oxygens (including phenoxy) is 1. The van der Waals surface area contributed by atoms with E-state index in [1.807, 2.05) is 47.1 Å². The summed E-state index contributed by atoms with van der Waals surface area (Å²) in [4.78, 5) is 19.3. The summed E-state index contributed by atoms with van der Waals surface area (Å²) in [5.74, 6) is 0.470. The number of nitrogens with zero attached hydrogens (tertiary/aromatic N) is 3. The van der Waals surface area contributed by atoms with Gasteiger partial charge in [-0.05, 0) is 37.4 Å². The molecule has 0 radical (unpaired) electrons. The van der Waals surface area contributed by atoms with Crippen molar-refractivity contribution in [2.24, 2.45) is 5.73 Å². The zero-order valence-electron chi connectivity index (χ0n) is 18.3. The van der Waals surface area contributed by atoms with Crippen molar-refractivity contribution < 1.29 is 19.7 Å². The van der Waals surface area contributed by atoms with Gasteiger partial charge in [0.05, 0.1) is 25.3 Å². The average molecular weight is 428 g/mol. The molecule has 3 rings (SSSR count). The van der Waals surface area contributed by atoms with Gasteiger partial charge < -0.3 is 15.4 Å². The van der Waals surface area contributed by atoms with Gasteiger partial charge >= 0.3 is 0 Å². The summed E-state index contributed by atoms with van der Waals surface area (Å²) < 4.78 is 7.66. The van der Waals surface area contributed by atoms with Gasteiger partial charge in [0, 0.05) is 32.1 Å². The zero-order chi connectivity index (χ0) is 22.4. The Morgan fingerprint density at radius 2 is 2.29 bits per heavy atom. The number of carbonyl (C=O) groups excluding carboxylic acids is 1. The number of aromatic nitrogens is 2. The van der Waals surface area contributed by atoms with Gasteiger partial charge in [-0.15, -0.1) is 0 Å². The molecule has 0 saturated carbocycles. The number of para-hydroxylation sites is 1. The first kappa shape index (κ1) is 22.4. The second-order valence-corrected chi connectivity index (χ2v) is 7.53. The molecule has 0 spiro atoms. The van der Waals surface area contributed by atoms with Crippen LogP contribution in [0, 0.1) is 0 Å². The summed E-state index contributed by atoms with van der Waals surface area (Å²) >= 11 is 0. The number of amides is 1. The van der Waals surface area contributed by atoms with E-state index < -0.39 is 0 Å². The Labute approximate surface area is 182 Å². The molecule has 31 heavy (non-hydrogen) atoms. The number of aryl methyl sites for hydroxylation is 1. The standard InChI is InChI=1S/C22H30N6O3/c1-15(13-23)20(27(3)19-9-6-5-8-17(19)21(29)26-30-4)12-16(2)25-18-14-24-28-10-7-11-31-22(18)28/h5-6,8-9,13-14,20,25H,2,7,10-12,23H2,1,3-4H3,(H,26,29)/p+1. The molecule has 9 nitrogen and oxygen atoms in total. The first-order chi connectivity index (χ1) is 15.0. The maximum atomic E-state index is 12.5. The highest BCUT2D eigenvalue weighted by Gasteiger charge is 2.26. The van der Waals surface area contributed by atoms with E-state index in [2.05, 4.69) is 17.2 Å². The number of likely N-dealkylation sites (N-methyl/N-ethyl adjacent to an activating group) is 1. The minimum Gasteiger partial charge on any atom is -0.474 e. The molecule has 1 aliphatic heterocycles. The van der Waals surface area contributed by atoms with E-state index in [-0.39, 0.29) is 11.9 Å². The van der Waals surface area contributed by atoms with Crippen LogP contribution in [0.5, 0.6) is 5.88 Å². The number of fused-ring (bicyclic) bond motifs is 1. The van der Waals surface area contributed by atoms with E-state index >= 15 is 0 Å². The van der Waals surface area contributed by atoms with Crippen molar-refractivity contribution in [1.29, 1.82) is 0 Å². The van der Waals surface area contributed by atoms with Crippen molar-refractivity contribution in [3.8, 4) is 5.88 Å². The highest BCUT2D eigenvalue weighted by atomic mass is 16.6. The van der Waals surface area contributed by atoms with E-state index in [1.54, 1.807) is 18.5 Å². The molecule has 0 saturated heterocycles. The van der Waals surface area contributed by atoms with Gasteiger partial charge in [-0.25, -0.2) is 10.2 Å². The van der Waals surface area contributed by atoms with Crippen LogP contribution >= 0.6 is 0 Å². The largest absolute Gasteiger partial charge is 0.474 e. The van der Waals surface area contributed by atoms with Gasteiger partial charge in [0.25, 0.3) is 11.8 Å². The number of hydrogen-bond acceptors (Lipinski definition) is 6. The monoisotopic (exact) mass is 427 g/mol. The maximum absolute atomic E-state index is 12.5. The molecule has 2 aromatic rings. The lowest BCUT2D eigenvalue weighted by molar-refractivity contribution is -0.520. The van der Waals surface area contributed by atoms with Crippen LogP contribution in [0.15, 0.2) is 54.5 Å². The van der Waals surface area contributed by atoms with Gasteiger partial charge in [0.15, 0.2) is 0 Å². The van der Waals surface area contributed by atoms with Crippen LogP contribution in [0.3, 0.4) is 0 Å². The van der Waals surface area contributed by atoms with Crippen LogP contribution in [0.25, 0.3) is 0 Å². The Bertz CT molecular complexity index is 968. The molecule has 1 amide bonds. The predicted molar refractivity (Wildman–Crippen MR) is 119 cm³/mol. The van der Waals surface area contributed by atoms with Crippen molar-refractivity contribution in [2.45, 2.75) is 32.4 Å². The van der Waals surface area contributed by atoms with Gasteiger partial charge in [-0.2, -0.15) is 5.10 Å². The molecule has 1 atom stereocenters. The molecule has 166 valence electrons. The molecule has 0 bridgehead atoms. The molecule has 1 aromatic carbocycles. The van der Waals surface area contributed by atoms with Crippen LogP contribution < -0.4 is 26.2 Å². The van der Waals surface area contributed by atoms with E-state index in [4.69, 9.17) is 15.3 Å². The number of anilines is 1. The lowest BCUT2D eigenvalue weighted by Crippen LogP contribution is -2.76. The number of hydroxylamine groups is 1. The summed E-state index contributed by atoms with van der Waals surface area (Å²) in [6, 6.07) is 7.27. The highest BCUT2D eigenvalue weighted by molar-refractivity contribution is 5.99. The quantitative estimate of drug-likeness (QED) is 0.522. The van der Waals surface area contributed by atoms with Gasteiger partial charge in [0.2, 0.25) is 5.69 Å². The molecule has 1 aliphatic rings. The van der Waals surface area contributed by atoms with Crippen LogP contribution in [0.1, 0.15) is 30.1 Å². The summed E-state index contributed by atoms with van der Waals surface area (Å²) in [6.07, 6.45) is 4.97. The van der Waals surface area contributed by atoms with E-state index in [0.717, 1.165) is 41.5 Å². The van der Waals surface area contributed by atoms with Crippen molar-refractivity contribution in [3.63, 3.8) is 0 Å². The number of nitrogens with two attached hydrogens (primary N) is 2. The third kappa shape index (κ3) is 5.07. The number of carbonyl (C=O) groups is 1. The summed E-state index contributed by atoms with van der Waals surface area (Å²) in [5, 5.41) is 6.39. The molecule has 1 unspecified atom stereocenters. The first-order valence-corrected chi connectivity index (χ1v) is 10.2. The smallest absolute Gasteiger partial charge is 0.276 e. The van der Waals surface area contributed by atoms with Gasteiger partial charge in [0.1, 0.15) is 11.9 Å². The zero-order valence-corrected chi connectivity index (χ0v) is 18.3. The molecule has 0 aliphatic carbocycles. The van der Waals surface area contributed by atoms with Gasteiger partial charge in [-0.3, -0.25) is 14.9 Å². The number of quaternary nitrogens is 1. The number of rotatable bonds is 9. The molecule has 2 heterocycles. The third-order valence-electron chi connectivity index (χ3n) is 5.37. The molecule has 1 aromatic heterocycles. The lowest BCUT2D eigenvalue weighted by atomic mass is 10.0. The van der Waals surface area contributed by atoms with Gasteiger partial charge in [-0.1, -0.05) is 12.1 Å². The Balaban J connectivity index is 1.80. The van der Waals surface area contributed by atoms with Crippen molar-refractivity contribution in [1.82, 2.24) is 15.3 Å². The summed E-state index contributed by atoms with van der Waals surface area (Å²) in [7, 11) is 3.35. The predicted octanol–water partition coefficient (Wildman–Crippen LogP) is 1.42. The maximum Gasteiger partial charge on any atom is 0.276 e. The number of hydrogen-bond donors (Lipinski definition) is 3. The fourth-order valence-electron chi connectivity index (χ4n) is 3.72. The fraction of sp³-hybridized carbons (Fsp3) is 0.364. The van der Waals surface area contributed by atoms with E-state index in [1.165, 1.54) is 7.11 Å². The van der Waals surface area contributed by atoms with Crippen molar-refractivity contribution in [3.05, 3.63) is 60.1 Å². The lowest BCUT2D eigenvalue weighted by Gasteiger charge is -2.32.